The van der Waals surface area contributed by atoms with Gasteiger partial charge in [-0.15, -0.1) is 0 Å². The molecule has 5 rings (SSSR count). The number of benzene rings is 1. The van der Waals surface area contributed by atoms with E-state index in [2.05, 4.69) is 25.2 Å². The molecule has 2 fully saturated rings. The Morgan fingerprint density at radius 2 is 1.82 bits per heavy atom. The van der Waals surface area contributed by atoms with Crippen molar-refractivity contribution < 1.29 is 9.36 Å². The van der Waals surface area contributed by atoms with Gasteiger partial charge in [-0.1, -0.05) is 46.2 Å². The topological polar surface area (TPSA) is 113 Å². The molecule has 180 valence electrons. The lowest BCUT2D eigenvalue weighted by atomic mass is 9.85. The molecule has 2 heterocycles. The summed E-state index contributed by atoms with van der Waals surface area (Å²) in [7, 11) is 0. The largest absolute Gasteiger partial charge is 0.369 e. The molecule has 2 aromatic heterocycles. The number of rotatable bonds is 7. The zero-order chi connectivity index (χ0) is 23.8. The van der Waals surface area contributed by atoms with Crippen LogP contribution in [-0.4, -0.2) is 27.4 Å². The molecule has 2 saturated carbocycles. The van der Waals surface area contributed by atoms with Crippen LogP contribution in [-0.2, 0) is 4.79 Å². The van der Waals surface area contributed by atoms with Crippen LogP contribution in [0, 0.1) is 11.8 Å². The van der Waals surface area contributed by atoms with Crippen molar-refractivity contribution in [3.05, 3.63) is 33.4 Å². The number of nitrogens with one attached hydrogen (secondary N) is 3. The lowest BCUT2D eigenvalue weighted by molar-refractivity contribution is -0.689. The smallest absolute Gasteiger partial charge is 0.320 e. The number of hydrogen-bond acceptors (Lipinski definition) is 5. The highest BCUT2D eigenvalue weighted by Crippen LogP contribution is 2.37. The predicted octanol–water partition coefficient (Wildman–Crippen LogP) is 5.38. The van der Waals surface area contributed by atoms with E-state index in [9.17, 15) is 4.79 Å². The third kappa shape index (κ3) is 4.76. The van der Waals surface area contributed by atoms with Crippen LogP contribution >= 0.6 is 34.8 Å². The van der Waals surface area contributed by atoms with Crippen molar-refractivity contribution >= 4 is 69.5 Å². The van der Waals surface area contributed by atoms with E-state index >= 15 is 0 Å². The van der Waals surface area contributed by atoms with Crippen LogP contribution in [0.3, 0.4) is 0 Å². The van der Waals surface area contributed by atoms with E-state index in [4.69, 9.17) is 45.5 Å². The first-order valence-corrected chi connectivity index (χ1v) is 12.8. The van der Waals surface area contributed by atoms with Crippen LogP contribution in [0.15, 0.2) is 18.3 Å². The molecule has 11 heteroatoms. The standard InChI is InChI=1S/C23H26Cl3N7O/c24-14-8-16(25)19(17(26)9-14)31-23-30-18-11-29-22(28-10-12-2-1-3-12)32-21(18)33(23)15-6-4-13(5-7-15)20(27)34/h8-9,11-13,15H,1-7,10H2,(H4,27,28,29,30,31,32,34)/p+1. The van der Waals surface area contributed by atoms with Crippen molar-refractivity contribution in [3.63, 3.8) is 0 Å². The Bertz CT molecular complexity index is 1200. The number of fused-ring (bicyclic) bond motifs is 1. The number of nitrogens with zero attached hydrogens (tertiary/aromatic N) is 3. The number of imidazole rings is 1. The summed E-state index contributed by atoms with van der Waals surface area (Å²) in [4.78, 5) is 24.4. The van der Waals surface area contributed by atoms with Gasteiger partial charge in [0, 0.05) is 17.5 Å². The second-order valence-corrected chi connectivity index (χ2v) is 10.5. The normalized spacial score (nSPS) is 20.8. The van der Waals surface area contributed by atoms with Crippen LogP contribution in [0.1, 0.15) is 51.0 Å². The summed E-state index contributed by atoms with van der Waals surface area (Å²) >= 11 is 19.0. The minimum Gasteiger partial charge on any atom is -0.369 e. The summed E-state index contributed by atoms with van der Waals surface area (Å²) in [5.74, 6) is 1.66. The first kappa shape index (κ1) is 23.5. The number of amides is 1. The Balaban J connectivity index is 1.51. The number of anilines is 3. The van der Waals surface area contributed by atoms with Crippen LogP contribution in [0.2, 0.25) is 15.1 Å². The molecule has 3 aromatic rings. The molecule has 5 N–H and O–H groups in total. The number of primary amides is 1. The summed E-state index contributed by atoms with van der Waals surface area (Å²) in [6.07, 6.45) is 8.65. The zero-order valence-corrected chi connectivity index (χ0v) is 20.8. The van der Waals surface area contributed by atoms with Gasteiger partial charge < -0.3 is 11.1 Å². The zero-order valence-electron chi connectivity index (χ0n) is 18.6. The highest BCUT2D eigenvalue weighted by Gasteiger charge is 2.33. The molecule has 1 aromatic carbocycles. The van der Waals surface area contributed by atoms with Gasteiger partial charge in [0.25, 0.3) is 11.6 Å². The van der Waals surface area contributed by atoms with Crippen molar-refractivity contribution in [3.8, 4) is 0 Å². The number of aromatic amines is 1. The fraction of sp³-hybridized carbons (Fsp3) is 0.478. The average Bonchev–Trinajstić information content (AvgIpc) is 3.12. The molecule has 0 bridgehead atoms. The first-order chi connectivity index (χ1) is 16.4. The molecular formula is C23H27Cl3N7O+. The molecule has 34 heavy (non-hydrogen) atoms. The maximum absolute atomic E-state index is 11.7. The molecule has 8 nitrogen and oxygen atoms in total. The Hall–Kier alpha value is -2.29. The van der Waals surface area contributed by atoms with Gasteiger partial charge in [0.1, 0.15) is 5.69 Å². The quantitative estimate of drug-likeness (QED) is 0.311. The van der Waals surface area contributed by atoms with E-state index in [-0.39, 0.29) is 17.9 Å². The minimum atomic E-state index is -0.231. The maximum atomic E-state index is 11.7. The third-order valence-electron chi connectivity index (χ3n) is 6.98. The number of hydrogen-bond donors (Lipinski definition) is 4. The van der Waals surface area contributed by atoms with Crippen molar-refractivity contribution in [1.82, 2.24) is 15.0 Å². The van der Waals surface area contributed by atoms with Crippen LogP contribution in [0.4, 0.5) is 17.6 Å². The van der Waals surface area contributed by atoms with E-state index in [0.717, 1.165) is 43.4 Å². The number of carbonyl (C=O) groups excluding carboxylic acids is 1. The van der Waals surface area contributed by atoms with Crippen LogP contribution < -0.4 is 20.9 Å². The van der Waals surface area contributed by atoms with Crippen LogP contribution in [0.5, 0.6) is 0 Å². The Kier molecular flexibility index (Phi) is 6.73. The van der Waals surface area contributed by atoms with Crippen molar-refractivity contribution in [2.75, 3.05) is 17.2 Å². The summed E-state index contributed by atoms with van der Waals surface area (Å²) in [5, 5.41) is 8.02. The monoisotopic (exact) mass is 522 g/mol. The molecule has 0 radical (unpaired) electrons. The number of carbonyl (C=O) groups is 1. The molecule has 2 aliphatic carbocycles. The minimum absolute atomic E-state index is 0.0899. The second-order valence-electron chi connectivity index (χ2n) is 9.23. The molecule has 0 spiro atoms. The second kappa shape index (κ2) is 9.76. The van der Waals surface area contributed by atoms with E-state index in [1.165, 1.54) is 19.3 Å². The van der Waals surface area contributed by atoms with Crippen molar-refractivity contribution in [2.24, 2.45) is 17.6 Å². The van der Waals surface area contributed by atoms with E-state index in [1.54, 1.807) is 18.3 Å². The molecule has 0 atom stereocenters. The molecular weight excluding hydrogens is 497 g/mol. The highest BCUT2D eigenvalue weighted by atomic mass is 35.5. The molecule has 0 aliphatic heterocycles. The van der Waals surface area contributed by atoms with Gasteiger partial charge in [-0.25, -0.2) is 9.55 Å². The van der Waals surface area contributed by atoms with E-state index < -0.39 is 0 Å². The predicted molar refractivity (Wildman–Crippen MR) is 135 cm³/mol. The van der Waals surface area contributed by atoms with E-state index in [0.29, 0.717) is 38.6 Å². The van der Waals surface area contributed by atoms with Gasteiger partial charge in [-0.05, 0) is 56.6 Å². The Morgan fingerprint density at radius 3 is 2.44 bits per heavy atom. The molecule has 0 saturated heterocycles. The Labute approximate surface area is 212 Å². The van der Waals surface area contributed by atoms with Gasteiger partial charge in [0.05, 0.1) is 22.3 Å². The third-order valence-corrected chi connectivity index (χ3v) is 7.79. The average molecular weight is 524 g/mol. The SMILES string of the molecule is NC(=O)C1CCC([n+]2c(Nc3c(Cl)cc(Cl)cc3Cl)[nH]c3cnc(NCC4CCC4)nc32)CC1. The van der Waals surface area contributed by atoms with Gasteiger partial charge in [0.15, 0.2) is 5.52 Å². The Morgan fingerprint density at radius 1 is 1.12 bits per heavy atom. The number of halogens is 3. The van der Waals surface area contributed by atoms with Gasteiger partial charge in [-0.3, -0.25) is 15.1 Å². The van der Waals surface area contributed by atoms with Gasteiger partial charge >= 0.3 is 5.95 Å². The van der Waals surface area contributed by atoms with Crippen LogP contribution in [0.25, 0.3) is 11.2 Å². The van der Waals surface area contributed by atoms with Gasteiger partial charge in [0.2, 0.25) is 5.91 Å². The van der Waals surface area contributed by atoms with Crippen molar-refractivity contribution in [2.45, 2.75) is 51.0 Å². The molecule has 1 amide bonds. The lowest BCUT2D eigenvalue weighted by Gasteiger charge is -2.26. The maximum Gasteiger partial charge on any atom is 0.320 e. The lowest BCUT2D eigenvalue weighted by Crippen LogP contribution is -2.44. The summed E-state index contributed by atoms with van der Waals surface area (Å²) < 4.78 is 2.13. The highest BCUT2D eigenvalue weighted by molar-refractivity contribution is 6.41. The summed E-state index contributed by atoms with van der Waals surface area (Å²) in [6.45, 7) is 0.876. The van der Waals surface area contributed by atoms with E-state index in [1.807, 2.05) is 0 Å². The fourth-order valence-electron chi connectivity index (χ4n) is 4.80. The fourth-order valence-corrected chi connectivity index (χ4v) is 5.71. The number of nitrogens with two attached hydrogens (primary N) is 1. The molecule has 0 unspecified atom stereocenters. The van der Waals surface area contributed by atoms with Crippen molar-refractivity contribution in [1.29, 1.82) is 0 Å². The summed E-state index contributed by atoms with van der Waals surface area (Å²) in [5.41, 5.74) is 7.67. The summed E-state index contributed by atoms with van der Waals surface area (Å²) in [6, 6.07) is 3.40. The first-order valence-electron chi connectivity index (χ1n) is 11.6. The molecule has 2 aliphatic rings. The number of H-pyrrole nitrogens is 1. The number of aromatic nitrogens is 4. The van der Waals surface area contributed by atoms with Gasteiger partial charge in [-0.2, -0.15) is 0 Å².